The zero-order valence-corrected chi connectivity index (χ0v) is 12.7. The number of hydrogen-bond acceptors (Lipinski definition) is 3. The summed E-state index contributed by atoms with van der Waals surface area (Å²) in [5, 5.41) is 7.79. The number of pyridine rings is 1. The number of nitrogens with zero attached hydrogens (tertiary/aromatic N) is 3. The first kappa shape index (κ1) is 14.1. The van der Waals surface area contributed by atoms with E-state index in [0.29, 0.717) is 6.04 Å². The second-order valence-electron chi connectivity index (χ2n) is 5.73. The first-order valence-electron chi connectivity index (χ1n) is 7.60. The zero-order valence-electron chi connectivity index (χ0n) is 12.7. The number of aryl methyl sites for hydroxylation is 1. The Labute approximate surface area is 124 Å². The Morgan fingerprint density at radius 2 is 2.29 bits per heavy atom. The molecule has 0 saturated heterocycles. The lowest BCUT2D eigenvalue weighted by Crippen LogP contribution is -2.36. The summed E-state index contributed by atoms with van der Waals surface area (Å²) in [6, 6.07) is 4.17. The maximum absolute atomic E-state index is 11.9. The van der Waals surface area contributed by atoms with Crippen LogP contribution in [0.25, 0.3) is 0 Å². The van der Waals surface area contributed by atoms with E-state index in [9.17, 15) is 4.79 Å². The van der Waals surface area contributed by atoms with Crippen LogP contribution in [0.1, 0.15) is 30.2 Å². The summed E-state index contributed by atoms with van der Waals surface area (Å²) >= 11 is 0. The molecule has 0 amide bonds. The van der Waals surface area contributed by atoms with Crippen LogP contribution in [0.5, 0.6) is 0 Å². The molecular weight excluding hydrogens is 264 g/mol. The molecule has 0 aromatic carbocycles. The summed E-state index contributed by atoms with van der Waals surface area (Å²) < 4.78 is 3.74. The number of rotatable bonds is 4. The predicted molar refractivity (Wildman–Crippen MR) is 82.2 cm³/mol. The highest BCUT2D eigenvalue weighted by Gasteiger charge is 2.20. The first-order valence-corrected chi connectivity index (χ1v) is 7.60. The summed E-state index contributed by atoms with van der Waals surface area (Å²) in [6.07, 6.45) is 6.99. The first-order chi connectivity index (χ1) is 10.2. The molecule has 0 spiro atoms. The standard InChI is InChI=1S/C16H22N4O/c1-3-20-15-6-5-14(8-13(15)4-7-16(20)21)17-9-12-10-18-19(2)11-12/h4,7,10-11,14,17H,3,5-6,8-9H2,1-2H3. The van der Waals surface area contributed by atoms with E-state index < -0.39 is 0 Å². The fourth-order valence-corrected chi connectivity index (χ4v) is 3.17. The van der Waals surface area contributed by atoms with E-state index in [2.05, 4.69) is 10.4 Å². The minimum absolute atomic E-state index is 0.123. The van der Waals surface area contributed by atoms with Crippen molar-refractivity contribution in [3.8, 4) is 0 Å². The Morgan fingerprint density at radius 1 is 1.43 bits per heavy atom. The topological polar surface area (TPSA) is 51.9 Å². The Balaban J connectivity index is 1.69. The quantitative estimate of drug-likeness (QED) is 0.920. The van der Waals surface area contributed by atoms with E-state index in [1.54, 1.807) is 6.07 Å². The van der Waals surface area contributed by atoms with Gasteiger partial charge in [0.25, 0.3) is 5.56 Å². The van der Waals surface area contributed by atoms with Gasteiger partial charge in [0.2, 0.25) is 0 Å². The minimum atomic E-state index is 0.123. The molecule has 1 atom stereocenters. The third kappa shape index (κ3) is 2.93. The molecule has 3 rings (SSSR count). The van der Waals surface area contributed by atoms with Crippen molar-refractivity contribution in [3.05, 3.63) is 51.7 Å². The highest BCUT2D eigenvalue weighted by molar-refractivity contribution is 5.25. The van der Waals surface area contributed by atoms with Crippen LogP contribution in [0.4, 0.5) is 0 Å². The van der Waals surface area contributed by atoms with E-state index in [-0.39, 0.29) is 5.56 Å². The Bertz CT molecular complexity index is 686. The molecule has 0 fully saturated rings. The number of aromatic nitrogens is 3. The maximum Gasteiger partial charge on any atom is 0.250 e. The Morgan fingerprint density at radius 3 is 3.00 bits per heavy atom. The number of fused-ring (bicyclic) bond motifs is 1. The van der Waals surface area contributed by atoms with Crippen molar-refractivity contribution in [3.63, 3.8) is 0 Å². The van der Waals surface area contributed by atoms with Gasteiger partial charge in [-0.1, -0.05) is 6.07 Å². The van der Waals surface area contributed by atoms with Crippen molar-refractivity contribution >= 4 is 0 Å². The average molecular weight is 286 g/mol. The minimum Gasteiger partial charge on any atom is -0.313 e. The highest BCUT2D eigenvalue weighted by atomic mass is 16.1. The molecule has 2 heterocycles. The molecule has 1 aliphatic rings. The van der Waals surface area contributed by atoms with Crippen molar-refractivity contribution in [1.29, 1.82) is 0 Å². The van der Waals surface area contributed by atoms with E-state index in [0.717, 1.165) is 32.4 Å². The molecule has 0 bridgehead atoms. The molecule has 2 aromatic rings. The predicted octanol–water partition coefficient (Wildman–Crippen LogP) is 1.25. The van der Waals surface area contributed by atoms with Gasteiger partial charge in [0.1, 0.15) is 0 Å². The molecule has 21 heavy (non-hydrogen) atoms. The molecule has 0 radical (unpaired) electrons. The van der Waals surface area contributed by atoms with Gasteiger partial charge in [-0.05, 0) is 31.7 Å². The van der Waals surface area contributed by atoms with Crippen molar-refractivity contribution < 1.29 is 0 Å². The van der Waals surface area contributed by atoms with Crippen LogP contribution in [-0.4, -0.2) is 20.4 Å². The summed E-state index contributed by atoms with van der Waals surface area (Å²) in [7, 11) is 1.93. The third-order valence-electron chi connectivity index (χ3n) is 4.25. The van der Waals surface area contributed by atoms with Gasteiger partial charge in [-0.25, -0.2) is 0 Å². The normalized spacial score (nSPS) is 17.7. The van der Waals surface area contributed by atoms with Crippen LogP contribution in [0, 0.1) is 0 Å². The van der Waals surface area contributed by atoms with Gasteiger partial charge in [0, 0.05) is 49.7 Å². The van der Waals surface area contributed by atoms with Gasteiger partial charge in [-0.2, -0.15) is 5.10 Å². The number of nitrogens with one attached hydrogen (secondary N) is 1. The molecule has 112 valence electrons. The molecule has 1 unspecified atom stereocenters. The van der Waals surface area contributed by atoms with Crippen LogP contribution in [0.15, 0.2) is 29.3 Å². The van der Waals surface area contributed by atoms with E-state index >= 15 is 0 Å². The molecule has 5 heteroatoms. The van der Waals surface area contributed by atoms with E-state index in [1.165, 1.54) is 16.8 Å². The fourth-order valence-electron chi connectivity index (χ4n) is 3.17. The molecule has 2 aromatic heterocycles. The molecule has 0 saturated carbocycles. The van der Waals surface area contributed by atoms with Crippen molar-refractivity contribution in [2.45, 2.75) is 45.3 Å². The summed E-state index contributed by atoms with van der Waals surface area (Å²) in [5.74, 6) is 0. The Kier molecular flexibility index (Phi) is 3.92. The smallest absolute Gasteiger partial charge is 0.250 e. The van der Waals surface area contributed by atoms with Crippen LogP contribution >= 0.6 is 0 Å². The van der Waals surface area contributed by atoms with Crippen molar-refractivity contribution in [2.75, 3.05) is 0 Å². The lowest BCUT2D eigenvalue weighted by molar-refractivity contribution is 0.441. The number of hydrogen-bond donors (Lipinski definition) is 1. The second-order valence-corrected chi connectivity index (χ2v) is 5.73. The zero-order chi connectivity index (χ0) is 14.8. The summed E-state index contributed by atoms with van der Waals surface area (Å²) in [4.78, 5) is 11.9. The molecule has 5 nitrogen and oxygen atoms in total. The fraction of sp³-hybridized carbons (Fsp3) is 0.500. The SMILES string of the molecule is CCn1c2c(ccc1=O)CC(NCc1cnn(C)c1)CC2. The molecule has 1 aliphatic carbocycles. The second kappa shape index (κ2) is 5.85. The van der Waals surface area contributed by atoms with Crippen LogP contribution in [0.3, 0.4) is 0 Å². The summed E-state index contributed by atoms with van der Waals surface area (Å²) in [6.45, 7) is 3.64. The van der Waals surface area contributed by atoms with E-state index in [4.69, 9.17) is 0 Å². The lowest BCUT2D eigenvalue weighted by Gasteiger charge is -2.27. The van der Waals surface area contributed by atoms with Crippen molar-refractivity contribution in [1.82, 2.24) is 19.7 Å². The van der Waals surface area contributed by atoms with Crippen LogP contribution in [0.2, 0.25) is 0 Å². The van der Waals surface area contributed by atoms with Crippen LogP contribution in [-0.2, 0) is 33.0 Å². The van der Waals surface area contributed by atoms with Gasteiger partial charge < -0.3 is 9.88 Å². The molecule has 1 N–H and O–H groups in total. The van der Waals surface area contributed by atoms with Gasteiger partial charge in [-0.15, -0.1) is 0 Å². The van der Waals surface area contributed by atoms with Gasteiger partial charge >= 0.3 is 0 Å². The van der Waals surface area contributed by atoms with Crippen LogP contribution < -0.4 is 10.9 Å². The average Bonchev–Trinajstić information content (AvgIpc) is 2.90. The van der Waals surface area contributed by atoms with Gasteiger partial charge in [-0.3, -0.25) is 9.48 Å². The Hall–Kier alpha value is -1.88. The van der Waals surface area contributed by atoms with Gasteiger partial charge in [0.05, 0.1) is 6.20 Å². The summed E-state index contributed by atoms with van der Waals surface area (Å²) in [5.41, 5.74) is 3.87. The van der Waals surface area contributed by atoms with Crippen molar-refractivity contribution in [2.24, 2.45) is 7.05 Å². The third-order valence-corrected chi connectivity index (χ3v) is 4.25. The highest BCUT2D eigenvalue weighted by Crippen LogP contribution is 2.20. The molecular formula is C16H22N4O. The molecule has 0 aliphatic heterocycles. The monoisotopic (exact) mass is 286 g/mol. The van der Waals surface area contributed by atoms with E-state index in [1.807, 2.05) is 41.7 Å². The maximum atomic E-state index is 11.9. The largest absolute Gasteiger partial charge is 0.313 e. The van der Waals surface area contributed by atoms with Gasteiger partial charge in [0.15, 0.2) is 0 Å². The lowest BCUT2D eigenvalue weighted by atomic mass is 9.91.